The fraction of sp³-hybridized carbons (Fsp3) is 0.556. The highest BCUT2D eigenvalue weighted by atomic mass is 32.1. The Balaban J connectivity index is 1.53. The van der Waals surface area contributed by atoms with E-state index < -0.39 is 0 Å². The molecule has 5 heteroatoms. The second-order valence-electron chi connectivity index (χ2n) is 6.90. The highest BCUT2D eigenvalue weighted by Crippen LogP contribution is 2.34. The van der Waals surface area contributed by atoms with Gasteiger partial charge in [0.1, 0.15) is 5.76 Å². The van der Waals surface area contributed by atoms with Crippen LogP contribution in [0.3, 0.4) is 0 Å². The van der Waals surface area contributed by atoms with E-state index in [1.807, 2.05) is 11.0 Å². The zero-order valence-corrected chi connectivity index (χ0v) is 14.3. The third-order valence-electron chi connectivity index (χ3n) is 5.20. The van der Waals surface area contributed by atoms with Gasteiger partial charge in [0, 0.05) is 35.3 Å². The molecule has 122 valence electrons. The largest absolute Gasteiger partial charge is 0.361 e. The van der Waals surface area contributed by atoms with Crippen LogP contribution in [0.25, 0.3) is 0 Å². The molecule has 1 aliphatic heterocycles. The van der Waals surface area contributed by atoms with E-state index in [9.17, 15) is 4.79 Å². The van der Waals surface area contributed by atoms with E-state index in [2.05, 4.69) is 17.5 Å². The molecule has 2 atom stereocenters. The molecule has 1 amide bonds. The molecule has 0 spiro atoms. The Labute approximate surface area is 140 Å². The van der Waals surface area contributed by atoms with Crippen molar-refractivity contribution in [3.05, 3.63) is 39.4 Å². The average molecular weight is 330 g/mol. The van der Waals surface area contributed by atoms with Crippen molar-refractivity contribution in [1.29, 1.82) is 0 Å². The molecule has 4 rings (SSSR count). The maximum atomic E-state index is 13.0. The van der Waals surface area contributed by atoms with E-state index >= 15 is 0 Å². The Morgan fingerprint density at radius 2 is 2.35 bits per heavy atom. The van der Waals surface area contributed by atoms with E-state index in [4.69, 9.17) is 4.52 Å². The quantitative estimate of drug-likeness (QED) is 0.839. The van der Waals surface area contributed by atoms with Crippen molar-refractivity contribution in [2.75, 3.05) is 13.1 Å². The van der Waals surface area contributed by atoms with Crippen LogP contribution < -0.4 is 0 Å². The van der Waals surface area contributed by atoms with Gasteiger partial charge in [-0.25, -0.2) is 0 Å². The van der Waals surface area contributed by atoms with Gasteiger partial charge >= 0.3 is 0 Å². The number of rotatable bonds is 2. The van der Waals surface area contributed by atoms with Crippen LogP contribution in [-0.4, -0.2) is 29.1 Å². The summed E-state index contributed by atoms with van der Waals surface area (Å²) >= 11 is 1.77. The molecule has 4 nitrogen and oxygen atoms in total. The van der Waals surface area contributed by atoms with Crippen molar-refractivity contribution in [1.82, 2.24) is 10.1 Å². The van der Waals surface area contributed by atoms with Crippen molar-refractivity contribution >= 4 is 17.2 Å². The van der Waals surface area contributed by atoms with E-state index in [1.165, 1.54) is 16.9 Å². The number of likely N-dealkylation sites (tertiary alicyclic amines) is 1. The monoisotopic (exact) mass is 330 g/mol. The number of aromatic nitrogens is 1. The molecular formula is C18H22N2O2S. The van der Waals surface area contributed by atoms with E-state index in [0.29, 0.717) is 0 Å². The third kappa shape index (κ3) is 2.82. The summed E-state index contributed by atoms with van der Waals surface area (Å²) in [5.41, 5.74) is 2.27. The second kappa shape index (κ2) is 6.11. The smallest absolute Gasteiger partial charge is 0.255 e. The molecule has 2 unspecified atom stereocenters. The summed E-state index contributed by atoms with van der Waals surface area (Å²) in [4.78, 5) is 16.5. The predicted octanol–water partition coefficient (Wildman–Crippen LogP) is 3.88. The summed E-state index contributed by atoms with van der Waals surface area (Å²) in [6, 6.07) is 1.92. The lowest BCUT2D eigenvalue weighted by molar-refractivity contribution is 0.0696. The van der Waals surface area contributed by atoms with Gasteiger partial charge in [0.2, 0.25) is 0 Å². The van der Waals surface area contributed by atoms with Crippen LogP contribution in [0.15, 0.2) is 22.2 Å². The van der Waals surface area contributed by atoms with Gasteiger partial charge < -0.3 is 9.42 Å². The first kappa shape index (κ1) is 14.9. The second-order valence-corrected chi connectivity index (χ2v) is 7.87. The van der Waals surface area contributed by atoms with E-state index in [1.54, 1.807) is 17.5 Å². The topological polar surface area (TPSA) is 46.3 Å². The van der Waals surface area contributed by atoms with Crippen LogP contribution in [-0.2, 0) is 12.8 Å². The summed E-state index contributed by atoms with van der Waals surface area (Å²) in [6.45, 7) is 3.90. The molecule has 2 aromatic heterocycles. The first-order valence-corrected chi connectivity index (χ1v) is 9.39. The highest BCUT2D eigenvalue weighted by molar-refractivity contribution is 7.10. The lowest BCUT2D eigenvalue weighted by atomic mass is 9.88. The van der Waals surface area contributed by atoms with Crippen molar-refractivity contribution in [3.8, 4) is 0 Å². The molecule has 0 N–H and O–H groups in total. The number of fused-ring (bicyclic) bond motifs is 1. The van der Waals surface area contributed by atoms with Gasteiger partial charge in [-0.05, 0) is 43.6 Å². The van der Waals surface area contributed by atoms with Gasteiger partial charge in [-0.2, -0.15) is 0 Å². The fourth-order valence-electron chi connectivity index (χ4n) is 3.86. The molecule has 3 heterocycles. The molecule has 1 fully saturated rings. The van der Waals surface area contributed by atoms with Crippen LogP contribution in [0.2, 0.25) is 0 Å². The number of nitrogens with zero attached hydrogens (tertiary/aromatic N) is 2. The molecule has 2 aromatic rings. The van der Waals surface area contributed by atoms with Gasteiger partial charge in [-0.3, -0.25) is 4.79 Å². The van der Waals surface area contributed by atoms with Gasteiger partial charge in [-0.15, -0.1) is 11.3 Å². The van der Waals surface area contributed by atoms with Crippen molar-refractivity contribution in [3.63, 3.8) is 0 Å². The molecule has 0 aromatic carbocycles. The number of piperidine rings is 1. The van der Waals surface area contributed by atoms with Gasteiger partial charge in [0.25, 0.3) is 5.91 Å². The Morgan fingerprint density at radius 3 is 3.17 bits per heavy atom. The van der Waals surface area contributed by atoms with Gasteiger partial charge in [0.05, 0.1) is 11.8 Å². The predicted molar refractivity (Wildman–Crippen MR) is 89.9 cm³/mol. The van der Waals surface area contributed by atoms with Gasteiger partial charge in [-0.1, -0.05) is 12.1 Å². The van der Waals surface area contributed by atoms with Crippen molar-refractivity contribution < 1.29 is 9.32 Å². The maximum Gasteiger partial charge on any atom is 0.255 e. The van der Waals surface area contributed by atoms with E-state index in [0.717, 1.165) is 56.0 Å². The molecule has 0 radical (unpaired) electrons. The zero-order valence-electron chi connectivity index (χ0n) is 13.5. The number of carbonyl (C=O) groups is 1. The highest BCUT2D eigenvalue weighted by Gasteiger charge is 2.30. The standard InChI is InChI=1S/C18H22N2O2S/c1-12-4-5-14-15(11-23-17(14)9-12)18(21)20-8-2-3-13(10-20)16-6-7-19-22-16/h6-7,11-13H,2-5,8-10H2,1H3. The Morgan fingerprint density at radius 1 is 1.43 bits per heavy atom. The Hall–Kier alpha value is -1.62. The lowest BCUT2D eigenvalue weighted by Crippen LogP contribution is -2.39. The molecule has 1 aliphatic carbocycles. The first-order chi connectivity index (χ1) is 11.2. The van der Waals surface area contributed by atoms with Crippen LogP contribution >= 0.6 is 11.3 Å². The molecule has 23 heavy (non-hydrogen) atoms. The van der Waals surface area contributed by atoms with Crippen LogP contribution in [0, 0.1) is 5.92 Å². The van der Waals surface area contributed by atoms with E-state index in [-0.39, 0.29) is 11.8 Å². The minimum absolute atomic E-state index is 0.210. The molecule has 2 aliphatic rings. The minimum Gasteiger partial charge on any atom is -0.361 e. The van der Waals surface area contributed by atoms with Crippen LogP contribution in [0.1, 0.15) is 58.7 Å². The zero-order chi connectivity index (χ0) is 15.8. The number of hydrogen-bond acceptors (Lipinski definition) is 4. The molecule has 1 saturated heterocycles. The number of carbonyl (C=O) groups excluding carboxylic acids is 1. The van der Waals surface area contributed by atoms with Gasteiger partial charge in [0.15, 0.2) is 0 Å². The normalized spacial score (nSPS) is 24.5. The summed E-state index contributed by atoms with van der Waals surface area (Å²) in [5, 5.41) is 5.89. The van der Waals surface area contributed by atoms with Crippen LogP contribution in [0.4, 0.5) is 0 Å². The summed E-state index contributed by atoms with van der Waals surface area (Å²) in [5.74, 6) is 2.14. The molecule has 0 bridgehead atoms. The van der Waals surface area contributed by atoms with Crippen LogP contribution in [0.5, 0.6) is 0 Å². The summed E-state index contributed by atoms with van der Waals surface area (Å²) in [7, 11) is 0. The molecular weight excluding hydrogens is 308 g/mol. The lowest BCUT2D eigenvalue weighted by Gasteiger charge is -2.32. The Kier molecular flexibility index (Phi) is 3.97. The van der Waals surface area contributed by atoms with Crippen molar-refractivity contribution in [2.24, 2.45) is 5.92 Å². The first-order valence-electron chi connectivity index (χ1n) is 8.51. The fourth-order valence-corrected chi connectivity index (χ4v) is 5.10. The number of amides is 1. The Bertz CT molecular complexity index is 692. The minimum atomic E-state index is 0.210. The number of thiophene rings is 1. The SMILES string of the molecule is CC1CCc2c(C(=O)N3CCCC(c4ccno4)C3)csc2C1. The summed E-state index contributed by atoms with van der Waals surface area (Å²) in [6.07, 6.45) is 7.17. The van der Waals surface area contributed by atoms with Crippen molar-refractivity contribution in [2.45, 2.75) is 44.9 Å². The maximum absolute atomic E-state index is 13.0. The third-order valence-corrected chi connectivity index (χ3v) is 6.25. The molecule has 0 saturated carbocycles. The number of hydrogen-bond donors (Lipinski definition) is 0. The average Bonchev–Trinajstić information content (AvgIpc) is 3.23. The summed E-state index contributed by atoms with van der Waals surface area (Å²) < 4.78 is 5.31.